The Balaban J connectivity index is 0. The number of carbonyl (C=O) groups excluding carboxylic acids is 2. The SMILES string of the molecule is C.CC(C)C[C@@H]1COC(=O)C1.CC(C)C[C@H](CO)CC(=O)OCc1ccccc1.OCP. The molecule has 0 radical (unpaired) electrons. The van der Waals surface area contributed by atoms with E-state index in [0.717, 1.165) is 18.4 Å². The summed E-state index contributed by atoms with van der Waals surface area (Å²) in [6, 6.07) is 9.60. The Hall–Kier alpha value is -1.49. The van der Waals surface area contributed by atoms with E-state index in [9.17, 15) is 14.7 Å². The lowest BCUT2D eigenvalue weighted by Crippen LogP contribution is -2.16. The highest BCUT2D eigenvalue weighted by Gasteiger charge is 2.23. The third kappa shape index (κ3) is 18.1. The third-order valence-corrected chi connectivity index (χ3v) is 4.50. The first-order valence-electron chi connectivity index (χ1n) is 11.0. The van der Waals surface area contributed by atoms with E-state index in [-0.39, 0.29) is 38.2 Å². The first-order chi connectivity index (χ1) is 14.7. The van der Waals surface area contributed by atoms with E-state index in [1.54, 1.807) is 0 Å². The van der Waals surface area contributed by atoms with Gasteiger partial charge in [0.25, 0.3) is 0 Å². The molecule has 1 heterocycles. The minimum absolute atomic E-state index is 0. The van der Waals surface area contributed by atoms with Crippen molar-refractivity contribution in [2.45, 2.75) is 67.4 Å². The molecule has 2 N–H and O–H groups in total. The number of benzene rings is 1. The van der Waals surface area contributed by atoms with Crippen molar-refractivity contribution in [1.29, 1.82) is 0 Å². The third-order valence-electron chi connectivity index (χ3n) is 4.50. The predicted molar refractivity (Wildman–Crippen MR) is 133 cm³/mol. The molecule has 0 aliphatic carbocycles. The Kier molecular flexibility index (Phi) is 20.6. The van der Waals surface area contributed by atoms with Gasteiger partial charge < -0.3 is 19.7 Å². The number of aliphatic hydroxyl groups excluding tert-OH is 2. The van der Waals surface area contributed by atoms with E-state index < -0.39 is 0 Å². The van der Waals surface area contributed by atoms with Gasteiger partial charge in [0.1, 0.15) is 6.61 Å². The van der Waals surface area contributed by atoms with Crippen LogP contribution in [0.25, 0.3) is 0 Å². The van der Waals surface area contributed by atoms with E-state index in [1.807, 2.05) is 30.3 Å². The molecular weight excluding hydrogens is 427 g/mol. The number of carbonyl (C=O) groups is 2. The molecule has 186 valence electrons. The smallest absolute Gasteiger partial charge is 0.306 e. The maximum Gasteiger partial charge on any atom is 0.306 e. The van der Waals surface area contributed by atoms with E-state index >= 15 is 0 Å². The number of aliphatic hydroxyl groups is 2. The van der Waals surface area contributed by atoms with Crippen LogP contribution in [0.3, 0.4) is 0 Å². The van der Waals surface area contributed by atoms with Crippen LogP contribution in [0.5, 0.6) is 0 Å². The summed E-state index contributed by atoms with van der Waals surface area (Å²) in [5.74, 6) is 1.40. The maximum absolute atomic E-state index is 11.6. The highest BCUT2D eigenvalue weighted by molar-refractivity contribution is 7.16. The van der Waals surface area contributed by atoms with Crippen LogP contribution in [0.4, 0.5) is 0 Å². The molecule has 1 aromatic rings. The van der Waals surface area contributed by atoms with Gasteiger partial charge >= 0.3 is 11.9 Å². The van der Waals surface area contributed by atoms with Gasteiger partial charge in [0, 0.05) is 12.5 Å². The largest absolute Gasteiger partial charge is 0.465 e. The average molecular weight is 473 g/mol. The number of hydrogen-bond donors (Lipinski definition) is 2. The highest BCUT2D eigenvalue weighted by Crippen LogP contribution is 2.21. The summed E-state index contributed by atoms with van der Waals surface area (Å²) in [6.45, 7) is 9.50. The molecule has 2 rings (SSSR count). The predicted octanol–water partition coefficient (Wildman–Crippen LogP) is 4.82. The molecule has 32 heavy (non-hydrogen) atoms. The zero-order chi connectivity index (χ0) is 23.6. The lowest BCUT2D eigenvalue weighted by Gasteiger charge is -2.15. The number of cyclic esters (lactones) is 1. The second-order valence-electron chi connectivity index (χ2n) is 8.59. The van der Waals surface area contributed by atoms with Gasteiger partial charge in [0.15, 0.2) is 0 Å². The average Bonchev–Trinajstić information content (AvgIpc) is 3.11. The monoisotopic (exact) mass is 472 g/mol. The Labute approximate surface area is 197 Å². The number of esters is 2. The summed E-state index contributed by atoms with van der Waals surface area (Å²) < 4.78 is 10.0. The van der Waals surface area contributed by atoms with Crippen molar-refractivity contribution in [3.63, 3.8) is 0 Å². The maximum atomic E-state index is 11.6. The van der Waals surface area contributed by atoms with Gasteiger partial charge in [-0.1, -0.05) is 65.5 Å². The Bertz CT molecular complexity index is 591. The van der Waals surface area contributed by atoms with Gasteiger partial charge in [0.05, 0.1) is 25.8 Å². The molecule has 0 amide bonds. The lowest BCUT2D eigenvalue weighted by molar-refractivity contribution is -0.146. The Morgan fingerprint density at radius 1 is 1.16 bits per heavy atom. The molecule has 1 aromatic carbocycles. The van der Waals surface area contributed by atoms with E-state index in [2.05, 4.69) is 36.9 Å². The van der Waals surface area contributed by atoms with Crippen molar-refractivity contribution in [3.8, 4) is 0 Å². The van der Waals surface area contributed by atoms with Gasteiger partial charge in [-0.25, -0.2) is 0 Å². The van der Waals surface area contributed by atoms with Crippen molar-refractivity contribution in [2.24, 2.45) is 23.7 Å². The van der Waals surface area contributed by atoms with E-state index in [4.69, 9.17) is 14.6 Å². The van der Waals surface area contributed by atoms with Crippen LogP contribution in [0.15, 0.2) is 30.3 Å². The molecule has 6 nitrogen and oxygen atoms in total. The second kappa shape index (κ2) is 20.1. The first kappa shape index (κ1) is 32.7. The van der Waals surface area contributed by atoms with Gasteiger partial charge in [0.2, 0.25) is 0 Å². The van der Waals surface area contributed by atoms with Crippen molar-refractivity contribution >= 4 is 21.2 Å². The molecule has 1 fully saturated rings. The van der Waals surface area contributed by atoms with Crippen molar-refractivity contribution in [3.05, 3.63) is 35.9 Å². The molecule has 1 saturated heterocycles. The van der Waals surface area contributed by atoms with E-state index in [1.165, 1.54) is 0 Å². The Morgan fingerprint density at radius 3 is 2.19 bits per heavy atom. The molecule has 0 bridgehead atoms. The van der Waals surface area contributed by atoms with Crippen LogP contribution in [-0.4, -0.2) is 41.7 Å². The Morgan fingerprint density at radius 2 is 1.75 bits per heavy atom. The number of ether oxygens (including phenoxy) is 2. The highest BCUT2D eigenvalue weighted by atomic mass is 31.0. The molecular formula is C25H45O6P. The molecule has 1 aliphatic heterocycles. The number of rotatable bonds is 9. The summed E-state index contributed by atoms with van der Waals surface area (Å²) in [6.07, 6.45) is 3.06. The van der Waals surface area contributed by atoms with Crippen LogP contribution >= 0.6 is 9.24 Å². The molecule has 7 heteroatoms. The standard InChI is InChI=1S/C15H22O3.C8H14O2.CH5OP.CH4/c1-12(2)8-14(10-16)9-15(17)18-11-13-6-4-3-5-7-13;1-6(2)3-7-4-8(9)10-5-7;2-1-3;/h3-7,12,14,16H,8-11H2,1-2H3;6-7H,3-5H2,1-2H3;2H,1,3H2;1H4/t14-;7-;;/m00../s1. The number of hydrogen-bond acceptors (Lipinski definition) is 6. The summed E-state index contributed by atoms with van der Waals surface area (Å²) in [5.41, 5.74) is 0.982. The van der Waals surface area contributed by atoms with Crippen LogP contribution in [0.1, 0.15) is 66.4 Å². The van der Waals surface area contributed by atoms with E-state index in [0.29, 0.717) is 43.8 Å². The zero-order valence-electron chi connectivity index (χ0n) is 19.5. The fraction of sp³-hybridized carbons (Fsp3) is 0.680. The zero-order valence-corrected chi connectivity index (χ0v) is 20.6. The topological polar surface area (TPSA) is 93.1 Å². The normalized spacial score (nSPS) is 15.5. The van der Waals surface area contributed by atoms with Crippen LogP contribution in [-0.2, 0) is 25.7 Å². The molecule has 1 aliphatic rings. The van der Waals surface area contributed by atoms with Crippen molar-refractivity contribution in [1.82, 2.24) is 0 Å². The summed E-state index contributed by atoms with van der Waals surface area (Å²) in [4.78, 5) is 22.2. The second-order valence-corrected chi connectivity index (χ2v) is 8.96. The minimum atomic E-state index is -0.237. The van der Waals surface area contributed by atoms with Gasteiger partial charge in [-0.05, 0) is 36.2 Å². The van der Waals surface area contributed by atoms with Crippen LogP contribution in [0, 0.1) is 23.7 Å². The summed E-state index contributed by atoms with van der Waals surface area (Å²) in [5, 5.41) is 16.7. The summed E-state index contributed by atoms with van der Waals surface area (Å²) >= 11 is 0. The lowest BCUT2D eigenvalue weighted by atomic mass is 9.95. The van der Waals surface area contributed by atoms with Crippen LogP contribution < -0.4 is 0 Å². The molecule has 0 saturated carbocycles. The molecule has 3 atom stereocenters. The molecule has 1 unspecified atom stereocenters. The fourth-order valence-electron chi connectivity index (χ4n) is 3.30. The van der Waals surface area contributed by atoms with Crippen LogP contribution in [0.2, 0.25) is 0 Å². The quantitative estimate of drug-likeness (QED) is 0.395. The van der Waals surface area contributed by atoms with Crippen molar-refractivity contribution in [2.75, 3.05) is 19.6 Å². The summed E-state index contributed by atoms with van der Waals surface area (Å²) in [7, 11) is 2.13. The molecule has 0 aromatic heterocycles. The van der Waals surface area contributed by atoms with Gasteiger partial charge in [-0.15, -0.1) is 9.24 Å². The van der Waals surface area contributed by atoms with Gasteiger partial charge in [-0.2, -0.15) is 0 Å². The first-order valence-corrected chi connectivity index (χ1v) is 11.8. The fourth-order valence-corrected chi connectivity index (χ4v) is 3.30. The minimum Gasteiger partial charge on any atom is -0.465 e. The molecule has 0 spiro atoms. The van der Waals surface area contributed by atoms with Gasteiger partial charge in [-0.3, -0.25) is 9.59 Å². The van der Waals surface area contributed by atoms with Crippen molar-refractivity contribution < 1.29 is 29.3 Å².